The predicted octanol–water partition coefficient (Wildman–Crippen LogP) is 7.99. The zero-order valence-corrected chi connectivity index (χ0v) is 26.9. The summed E-state index contributed by atoms with van der Waals surface area (Å²) in [7, 11) is 1.23. The molecule has 3 rings (SSSR count). The lowest BCUT2D eigenvalue weighted by molar-refractivity contribution is -0.134. The Hall–Kier alpha value is -2.91. The maximum atomic E-state index is 13.6. The minimum atomic E-state index is -1.36. The molecule has 0 radical (unpaired) electrons. The monoisotopic (exact) mass is 635 g/mol. The summed E-state index contributed by atoms with van der Waals surface area (Å²) in [4.78, 5) is 52.0. The maximum Gasteiger partial charge on any atom is 0.341 e. The molecule has 1 aliphatic carbocycles. The van der Waals surface area contributed by atoms with Crippen LogP contribution < -0.4 is 5.32 Å². The third kappa shape index (κ3) is 9.54. The molecule has 1 heterocycles. The van der Waals surface area contributed by atoms with E-state index in [1.807, 2.05) is 6.92 Å². The Morgan fingerprint density at radius 1 is 0.930 bits per heavy atom. The van der Waals surface area contributed by atoms with E-state index < -0.39 is 29.3 Å². The van der Waals surface area contributed by atoms with Crippen molar-refractivity contribution in [3.05, 3.63) is 45.7 Å². The Morgan fingerprint density at radius 3 is 2.14 bits per heavy atom. The number of ether oxygens (including phenoxy) is 2. The average Bonchev–Trinajstić information content (AvgIpc) is 3.66. The molecular weight excluding hydrogens is 593 g/mol. The molecular formula is C32H43Cl2N3O6. The van der Waals surface area contributed by atoms with Gasteiger partial charge in [-0.3, -0.25) is 14.3 Å². The van der Waals surface area contributed by atoms with Crippen LogP contribution in [0.4, 0.5) is 5.69 Å². The van der Waals surface area contributed by atoms with Gasteiger partial charge in [-0.15, -0.1) is 0 Å². The minimum Gasteiger partial charge on any atom is -0.465 e. The van der Waals surface area contributed by atoms with Gasteiger partial charge in [0.1, 0.15) is 0 Å². The van der Waals surface area contributed by atoms with Crippen molar-refractivity contribution in [1.82, 2.24) is 9.78 Å². The summed E-state index contributed by atoms with van der Waals surface area (Å²) in [5, 5.41) is 6.95. The second-order valence-corrected chi connectivity index (χ2v) is 12.0. The van der Waals surface area contributed by atoms with E-state index in [9.17, 15) is 19.2 Å². The van der Waals surface area contributed by atoms with Crippen molar-refractivity contribution in [2.45, 2.75) is 103 Å². The number of hydrogen-bond donors (Lipinski definition) is 1. The van der Waals surface area contributed by atoms with Gasteiger partial charge >= 0.3 is 11.9 Å². The van der Waals surface area contributed by atoms with E-state index in [0.717, 1.165) is 23.9 Å². The Balaban J connectivity index is 1.62. The molecule has 9 nitrogen and oxygen atoms in total. The Morgan fingerprint density at radius 2 is 1.56 bits per heavy atom. The zero-order valence-electron chi connectivity index (χ0n) is 25.4. The molecule has 1 unspecified atom stereocenters. The number of nitrogens with one attached hydrogen (secondary N) is 1. The average molecular weight is 637 g/mol. The maximum absolute atomic E-state index is 13.6. The lowest BCUT2D eigenvalue weighted by Gasteiger charge is -2.21. The Bertz CT molecular complexity index is 1270. The van der Waals surface area contributed by atoms with Crippen molar-refractivity contribution < 1.29 is 28.7 Å². The summed E-state index contributed by atoms with van der Waals surface area (Å²) in [6.07, 6.45) is 16.1. The van der Waals surface area contributed by atoms with Gasteiger partial charge in [-0.05, 0) is 37.8 Å². The second-order valence-electron chi connectivity index (χ2n) is 11.2. The third-order valence-electron chi connectivity index (χ3n) is 8.10. The number of methoxy groups -OCH3 is 1. The van der Waals surface area contributed by atoms with E-state index in [1.165, 1.54) is 76.6 Å². The fourth-order valence-electron chi connectivity index (χ4n) is 5.11. The molecule has 0 aliphatic heterocycles. The number of carbonyl (C=O) groups is 4. The number of Topliss-reactive ketones (excluding diaryl/α,β-unsaturated/α-hetero) is 1. The number of ketones is 1. The van der Waals surface area contributed by atoms with Gasteiger partial charge in [0.25, 0.3) is 5.91 Å². The third-order valence-corrected chi connectivity index (χ3v) is 8.73. The number of rotatable bonds is 19. The van der Waals surface area contributed by atoms with Crippen molar-refractivity contribution >= 4 is 52.5 Å². The fourth-order valence-corrected chi connectivity index (χ4v) is 5.62. The quantitative estimate of drug-likeness (QED) is 0.0944. The molecule has 1 aliphatic rings. The van der Waals surface area contributed by atoms with Crippen LogP contribution in [0.15, 0.2) is 24.5 Å². The van der Waals surface area contributed by atoms with Gasteiger partial charge in [0.05, 0.1) is 46.8 Å². The highest BCUT2D eigenvalue weighted by atomic mass is 35.5. The number of unbranched alkanes of at least 4 members (excludes halogenated alkanes) is 9. The van der Waals surface area contributed by atoms with Gasteiger partial charge in [-0.1, -0.05) is 94.8 Å². The van der Waals surface area contributed by atoms with Crippen LogP contribution in [0.3, 0.4) is 0 Å². The molecule has 0 spiro atoms. The van der Waals surface area contributed by atoms with Crippen LogP contribution in [-0.2, 0) is 19.1 Å². The molecule has 1 fully saturated rings. The van der Waals surface area contributed by atoms with E-state index in [1.54, 1.807) is 0 Å². The van der Waals surface area contributed by atoms with Crippen LogP contribution in [0.5, 0.6) is 0 Å². The largest absolute Gasteiger partial charge is 0.465 e. The van der Waals surface area contributed by atoms with Gasteiger partial charge in [-0.2, -0.15) is 5.10 Å². The van der Waals surface area contributed by atoms with Gasteiger partial charge in [0, 0.05) is 11.6 Å². The fraction of sp³-hybridized carbons (Fsp3) is 0.594. The van der Waals surface area contributed by atoms with Crippen molar-refractivity contribution in [2.75, 3.05) is 19.0 Å². The van der Waals surface area contributed by atoms with E-state index in [4.69, 9.17) is 32.7 Å². The first-order valence-corrected chi connectivity index (χ1v) is 16.1. The Labute approximate surface area is 264 Å². The molecule has 1 amide bonds. The standard InChI is InChI=1S/C32H43Cl2N3O6/c1-4-6-7-8-9-10-11-12-13-14-17-43-31(41)23-18-26(25(34)19-24(23)33)36-29(39)27(28(38)32(5-2)15-16-32)37-21-22(20-35-37)30(40)42-3/h18-21,27H,4-17H2,1-3H3,(H,36,39). The van der Waals surface area contributed by atoms with Crippen LogP contribution >= 0.6 is 23.2 Å². The number of carbonyl (C=O) groups excluding carboxylic acids is 4. The van der Waals surface area contributed by atoms with E-state index in [-0.39, 0.29) is 39.2 Å². The summed E-state index contributed by atoms with van der Waals surface area (Å²) in [6.45, 7) is 4.37. The van der Waals surface area contributed by atoms with Crippen molar-refractivity contribution in [3.63, 3.8) is 0 Å². The molecule has 43 heavy (non-hydrogen) atoms. The first-order chi connectivity index (χ1) is 20.7. The summed E-state index contributed by atoms with van der Waals surface area (Å²) in [5.74, 6) is -2.29. The molecule has 11 heteroatoms. The number of esters is 2. The molecule has 0 saturated heterocycles. The summed E-state index contributed by atoms with van der Waals surface area (Å²) in [6, 6.07) is 1.34. The van der Waals surface area contributed by atoms with Crippen molar-refractivity contribution in [3.8, 4) is 0 Å². The number of hydrogen-bond acceptors (Lipinski definition) is 7. The van der Waals surface area contributed by atoms with Crippen LogP contribution in [0.25, 0.3) is 0 Å². The predicted molar refractivity (Wildman–Crippen MR) is 167 cm³/mol. The zero-order chi connectivity index (χ0) is 31.4. The van der Waals surface area contributed by atoms with Gasteiger partial charge in [0.2, 0.25) is 0 Å². The number of anilines is 1. The molecule has 1 aromatic heterocycles. The van der Waals surface area contributed by atoms with Gasteiger partial charge < -0.3 is 14.8 Å². The molecule has 1 saturated carbocycles. The molecule has 1 atom stereocenters. The molecule has 1 N–H and O–H groups in total. The summed E-state index contributed by atoms with van der Waals surface area (Å²) >= 11 is 12.7. The Kier molecular flexibility index (Phi) is 13.5. The van der Waals surface area contributed by atoms with Crippen LogP contribution in [0.2, 0.25) is 10.0 Å². The van der Waals surface area contributed by atoms with Crippen molar-refractivity contribution in [2.24, 2.45) is 5.41 Å². The van der Waals surface area contributed by atoms with E-state index in [0.29, 0.717) is 19.3 Å². The highest BCUT2D eigenvalue weighted by molar-refractivity contribution is 6.38. The first kappa shape index (κ1) is 34.6. The highest BCUT2D eigenvalue weighted by Crippen LogP contribution is 2.51. The summed E-state index contributed by atoms with van der Waals surface area (Å²) in [5.41, 5.74) is -0.379. The van der Waals surface area contributed by atoms with E-state index >= 15 is 0 Å². The number of halogens is 2. The molecule has 0 bridgehead atoms. The van der Waals surface area contributed by atoms with Crippen molar-refractivity contribution in [1.29, 1.82) is 0 Å². The number of amides is 1. The lowest BCUT2D eigenvalue weighted by Crippen LogP contribution is -2.37. The van der Waals surface area contributed by atoms with Crippen LogP contribution in [-0.4, -0.2) is 47.1 Å². The molecule has 236 valence electrons. The minimum absolute atomic E-state index is 0.0515. The smallest absolute Gasteiger partial charge is 0.341 e. The molecule has 2 aromatic rings. The summed E-state index contributed by atoms with van der Waals surface area (Å²) < 4.78 is 11.3. The van der Waals surface area contributed by atoms with Gasteiger partial charge in [-0.25, -0.2) is 9.59 Å². The number of benzene rings is 1. The lowest BCUT2D eigenvalue weighted by atomic mass is 9.92. The van der Waals surface area contributed by atoms with Gasteiger partial charge in [0.15, 0.2) is 11.8 Å². The normalized spacial score (nSPS) is 14.2. The molecule has 1 aromatic carbocycles. The van der Waals surface area contributed by atoms with Crippen LogP contribution in [0, 0.1) is 5.41 Å². The highest BCUT2D eigenvalue weighted by Gasteiger charge is 2.52. The van der Waals surface area contributed by atoms with E-state index in [2.05, 4.69) is 17.3 Å². The topological polar surface area (TPSA) is 117 Å². The number of aromatic nitrogens is 2. The van der Waals surface area contributed by atoms with Crippen LogP contribution in [0.1, 0.15) is 124 Å². The first-order valence-electron chi connectivity index (χ1n) is 15.3. The number of nitrogens with zero attached hydrogens (tertiary/aromatic N) is 2. The SMILES string of the molecule is CCCCCCCCCCCCOC(=O)c1cc(NC(=O)C(C(=O)C2(CC)CC2)n2cc(C(=O)OC)cn2)c(Cl)cc1Cl. The second kappa shape index (κ2) is 16.8.